The maximum absolute atomic E-state index is 2.61. The van der Waals surface area contributed by atoms with Crippen LogP contribution < -0.4 is 26.2 Å². The number of anilines is 6. The molecule has 0 saturated heterocycles. The molecule has 0 bridgehead atoms. The molecular weight excluding hydrogens is 944 g/mol. The van der Waals surface area contributed by atoms with Crippen LogP contribution in [0.3, 0.4) is 0 Å². The van der Waals surface area contributed by atoms with Gasteiger partial charge in [-0.2, -0.15) is 0 Å². The highest BCUT2D eigenvalue weighted by Gasteiger charge is 2.45. The number of fused-ring (bicyclic) bond motifs is 10. The van der Waals surface area contributed by atoms with Crippen molar-refractivity contribution in [3.05, 3.63) is 248 Å². The van der Waals surface area contributed by atoms with Crippen molar-refractivity contribution < 1.29 is 0 Å². The summed E-state index contributed by atoms with van der Waals surface area (Å²) in [6.45, 7) is 6.96. The van der Waals surface area contributed by atoms with E-state index in [1.54, 1.807) is 0 Å². The second-order valence-corrected chi connectivity index (χ2v) is 23.3. The summed E-state index contributed by atoms with van der Waals surface area (Å²) in [6, 6.07) is 91.3. The molecule has 0 atom stereocenters. The number of benzene rings is 11. The Morgan fingerprint density at radius 1 is 0.320 bits per heavy atom. The Morgan fingerprint density at radius 2 is 0.720 bits per heavy atom. The predicted octanol–water partition coefficient (Wildman–Crippen LogP) is 18.5. The molecule has 75 heavy (non-hydrogen) atoms. The van der Waals surface area contributed by atoms with Crippen molar-refractivity contribution in [2.75, 3.05) is 9.80 Å². The van der Waals surface area contributed by atoms with E-state index in [2.05, 4.69) is 273 Å². The van der Waals surface area contributed by atoms with Crippen LogP contribution in [-0.4, -0.2) is 6.71 Å². The second kappa shape index (κ2) is 17.0. The molecule has 2 nitrogen and oxygen atoms in total. The zero-order valence-electron chi connectivity index (χ0n) is 41.9. The Kier molecular flexibility index (Phi) is 10.0. The van der Waals surface area contributed by atoms with Gasteiger partial charge in [-0.25, -0.2) is 0 Å². The molecule has 2 aliphatic rings. The van der Waals surface area contributed by atoms with E-state index in [1.165, 1.54) is 130 Å². The van der Waals surface area contributed by atoms with Gasteiger partial charge in [-0.3, -0.25) is 0 Å². The van der Waals surface area contributed by atoms with Gasteiger partial charge in [0.1, 0.15) is 0 Å². The molecule has 2 aliphatic heterocycles. The zero-order valence-corrected chi connectivity index (χ0v) is 43.5. The van der Waals surface area contributed by atoms with Gasteiger partial charge in [0.2, 0.25) is 0 Å². The van der Waals surface area contributed by atoms with Gasteiger partial charge >= 0.3 is 0 Å². The van der Waals surface area contributed by atoms with Gasteiger partial charge < -0.3 is 9.80 Å². The fraction of sp³-hybridized carbons (Fsp3) is 0.0571. The van der Waals surface area contributed by atoms with E-state index in [-0.39, 0.29) is 12.1 Å². The predicted molar refractivity (Wildman–Crippen MR) is 327 cm³/mol. The van der Waals surface area contributed by atoms with E-state index in [1.807, 2.05) is 22.7 Å². The van der Waals surface area contributed by atoms with Gasteiger partial charge in [0.25, 0.3) is 6.71 Å². The van der Waals surface area contributed by atoms with Crippen LogP contribution in [0.2, 0.25) is 0 Å². The smallest absolute Gasteiger partial charge is 0.252 e. The van der Waals surface area contributed by atoms with Gasteiger partial charge in [0.15, 0.2) is 0 Å². The Hall–Kier alpha value is -8.48. The summed E-state index contributed by atoms with van der Waals surface area (Å²) < 4.78 is 5.24. The summed E-state index contributed by atoms with van der Waals surface area (Å²) >= 11 is 3.77. The number of thiophene rings is 2. The molecule has 0 amide bonds. The van der Waals surface area contributed by atoms with E-state index in [4.69, 9.17) is 0 Å². The lowest BCUT2D eigenvalue weighted by molar-refractivity contribution is 0.590. The lowest BCUT2D eigenvalue weighted by Gasteiger charge is -2.46. The molecule has 354 valence electrons. The van der Waals surface area contributed by atoms with Crippen LogP contribution in [0.15, 0.2) is 243 Å². The first-order valence-electron chi connectivity index (χ1n) is 26.0. The fourth-order valence-electron chi connectivity index (χ4n) is 12.4. The minimum Gasteiger partial charge on any atom is -0.311 e. The van der Waals surface area contributed by atoms with Crippen LogP contribution in [0.25, 0.3) is 84.9 Å². The maximum atomic E-state index is 2.61. The number of hydrogen-bond acceptors (Lipinski definition) is 4. The molecule has 0 saturated carbocycles. The van der Waals surface area contributed by atoms with Crippen molar-refractivity contribution >= 4 is 120 Å². The number of nitrogens with zero attached hydrogens (tertiary/aromatic N) is 2. The topological polar surface area (TPSA) is 6.48 Å². The van der Waals surface area contributed by atoms with E-state index >= 15 is 0 Å². The van der Waals surface area contributed by atoms with Gasteiger partial charge in [0.05, 0.1) is 11.4 Å². The average molecular weight is 993 g/mol. The molecule has 0 radical (unpaired) electrons. The van der Waals surface area contributed by atoms with Crippen molar-refractivity contribution in [1.82, 2.24) is 0 Å². The number of hydrogen-bond donors (Lipinski definition) is 0. The minimum atomic E-state index is -0.172. The molecule has 0 fully saturated rings. The zero-order chi connectivity index (χ0) is 49.9. The van der Waals surface area contributed by atoms with Crippen LogP contribution in [-0.2, 0) is 5.41 Å². The normalized spacial score (nSPS) is 12.9. The molecule has 13 aromatic rings. The first-order chi connectivity index (χ1) is 36.9. The van der Waals surface area contributed by atoms with Crippen LogP contribution in [0.5, 0.6) is 0 Å². The molecule has 5 heteroatoms. The SMILES string of the molecule is CC(C)(C)c1cc2c3c(c1)N(c1ccccc1-c1ccccc1)c1ccc(-c4cccc5sc6ccccc6c45)cc1B3c1cc(-c3cccc4sc5ccccc5c34)ccc1N2c1ccccc1-c1ccccc1. The highest BCUT2D eigenvalue weighted by atomic mass is 32.1. The Morgan fingerprint density at radius 3 is 1.19 bits per heavy atom. The van der Waals surface area contributed by atoms with Crippen LogP contribution in [0.1, 0.15) is 26.3 Å². The largest absolute Gasteiger partial charge is 0.311 e. The number of para-hydroxylation sites is 2. The van der Waals surface area contributed by atoms with Crippen LogP contribution >= 0.6 is 22.7 Å². The van der Waals surface area contributed by atoms with E-state index < -0.39 is 0 Å². The molecule has 0 spiro atoms. The molecule has 11 aromatic carbocycles. The monoisotopic (exact) mass is 992 g/mol. The third kappa shape index (κ3) is 6.92. The lowest BCUT2D eigenvalue weighted by Crippen LogP contribution is -2.61. The van der Waals surface area contributed by atoms with Crippen molar-refractivity contribution in [2.24, 2.45) is 0 Å². The van der Waals surface area contributed by atoms with Crippen molar-refractivity contribution in [2.45, 2.75) is 26.2 Å². The molecule has 0 N–H and O–H groups in total. The highest BCUT2D eigenvalue weighted by Crippen LogP contribution is 2.51. The molecular formula is C70H49BN2S2. The summed E-state index contributed by atoms with van der Waals surface area (Å²) in [5.41, 5.74) is 21.8. The molecule has 2 aromatic heterocycles. The summed E-state index contributed by atoms with van der Waals surface area (Å²) in [4.78, 5) is 5.22. The van der Waals surface area contributed by atoms with Gasteiger partial charge in [0, 0.05) is 74.2 Å². The molecule has 0 aliphatic carbocycles. The maximum Gasteiger partial charge on any atom is 0.252 e. The first kappa shape index (κ1) is 44.0. The first-order valence-corrected chi connectivity index (χ1v) is 27.7. The summed E-state index contributed by atoms with van der Waals surface area (Å²) in [7, 11) is 0. The van der Waals surface area contributed by atoms with Gasteiger partial charge in [-0.05, 0) is 121 Å². The Bertz CT molecular complexity index is 4160. The summed E-state index contributed by atoms with van der Waals surface area (Å²) in [6.07, 6.45) is 0. The summed E-state index contributed by atoms with van der Waals surface area (Å²) in [5.74, 6) is 0. The Balaban J connectivity index is 1.08. The van der Waals surface area contributed by atoms with Crippen molar-refractivity contribution in [3.8, 4) is 44.5 Å². The average Bonchev–Trinajstić information content (AvgIpc) is 4.06. The van der Waals surface area contributed by atoms with E-state index in [0.717, 1.165) is 11.4 Å². The fourth-order valence-corrected chi connectivity index (χ4v) is 14.6. The third-order valence-electron chi connectivity index (χ3n) is 15.8. The van der Waals surface area contributed by atoms with Gasteiger partial charge in [-0.1, -0.05) is 203 Å². The van der Waals surface area contributed by atoms with E-state index in [9.17, 15) is 0 Å². The van der Waals surface area contributed by atoms with Crippen LogP contribution in [0, 0.1) is 0 Å². The molecule has 4 heterocycles. The van der Waals surface area contributed by atoms with Crippen LogP contribution in [0.4, 0.5) is 34.1 Å². The molecule has 15 rings (SSSR count). The third-order valence-corrected chi connectivity index (χ3v) is 18.1. The minimum absolute atomic E-state index is 0.119. The Labute approximate surface area is 446 Å². The standard InChI is InChI=1S/C70H49BN2S2/c1-70(2,3)48-42-61-69-62(43-48)73(58-31-15-11-25-50(58)45-22-8-5-9-23-45)60-39-37-47(52-29-19-35-66-68(52)54-27-13-17-33-64(54)75-66)41-56(60)71(69)55-40-46(51-28-18-34-65-67(51)53-26-12-16-32-63(53)74-65)36-38-59(55)72(61)57-30-14-10-24-49(57)44-20-6-4-7-21-44/h4-43H,1-3H3. The van der Waals surface area contributed by atoms with Crippen molar-refractivity contribution in [1.29, 1.82) is 0 Å². The second-order valence-electron chi connectivity index (χ2n) is 21.1. The van der Waals surface area contributed by atoms with E-state index in [0.29, 0.717) is 0 Å². The highest BCUT2D eigenvalue weighted by molar-refractivity contribution is 7.26. The van der Waals surface area contributed by atoms with Gasteiger partial charge in [-0.15, -0.1) is 22.7 Å². The quantitative estimate of drug-likeness (QED) is 0.153. The lowest BCUT2D eigenvalue weighted by atomic mass is 9.33. The van der Waals surface area contributed by atoms with Crippen molar-refractivity contribution in [3.63, 3.8) is 0 Å². The number of rotatable bonds is 6. The molecule has 0 unspecified atom stereocenters. The summed E-state index contributed by atoms with van der Waals surface area (Å²) in [5, 5.41) is 5.26.